The van der Waals surface area contributed by atoms with Gasteiger partial charge < -0.3 is 19.8 Å². The van der Waals surface area contributed by atoms with Gasteiger partial charge in [0.25, 0.3) is 0 Å². The number of carbonyl (C=O) groups is 2. The van der Waals surface area contributed by atoms with Crippen LogP contribution in [-0.2, 0) is 9.59 Å². The molecule has 1 heterocycles. The van der Waals surface area contributed by atoms with E-state index in [2.05, 4.69) is 4.84 Å². The molecule has 1 rings (SSSR count). The van der Waals surface area contributed by atoms with Crippen molar-refractivity contribution in [3.05, 3.63) is 12.1 Å². The van der Waals surface area contributed by atoms with Crippen LogP contribution in [-0.4, -0.2) is 27.2 Å². The third-order valence-electron chi connectivity index (χ3n) is 1.24. The van der Waals surface area contributed by atoms with Crippen molar-refractivity contribution >= 4 is 12.3 Å². The fraction of sp³-hybridized carbons (Fsp3) is 0.143. The van der Waals surface area contributed by atoms with Crippen molar-refractivity contribution in [1.29, 1.82) is 0 Å². The molecule has 13 heavy (non-hydrogen) atoms. The second kappa shape index (κ2) is 3.61. The van der Waals surface area contributed by atoms with Gasteiger partial charge in [-0.05, 0) is 0 Å². The van der Waals surface area contributed by atoms with Gasteiger partial charge in [-0.2, -0.15) is 0 Å². The number of nitrogens with zero attached hydrogens (tertiary/aromatic N) is 1. The van der Waals surface area contributed by atoms with Crippen molar-refractivity contribution in [2.45, 2.75) is 6.42 Å². The summed E-state index contributed by atoms with van der Waals surface area (Å²) in [6.07, 6.45) is -0.0724. The lowest BCUT2D eigenvalue weighted by atomic mass is 10.5. The van der Waals surface area contributed by atoms with Gasteiger partial charge >= 0.3 is 5.97 Å². The molecule has 0 amide bonds. The summed E-state index contributed by atoms with van der Waals surface area (Å²) >= 11 is 0. The van der Waals surface area contributed by atoms with E-state index in [0.717, 1.165) is 12.1 Å². The lowest BCUT2D eigenvalue weighted by Crippen LogP contribution is -2.18. The van der Waals surface area contributed by atoms with Crippen molar-refractivity contribution in [2.75, 3.05) is 0 Å². The molecular formula is C7H7NO5. The van der Waals surface area contributed by atoms with Crippen LogP contribution in [0.3, 0.4) is 0 Å². The minimum Gasteiger partial charge on any atom is -0.492 e. The molecule has 0 aromatic carbocycles. The SMILES string of the molecule is O=CCC(=O)On1c(O)ccc1O. The Morgan fingerprint density at radius 3 is 2.46 bits per heavy atom. The van der Waals surface area contributed by atoms with Crippen LogP contribution in [0.1, 0.15) is 6.42 Å². The maximum atomic E-state index is 10.7. The highest BCUT2D eigenvalue weighted by molar-refractivity contribution is 5.83. The quantitative estimate of drug-likeness (QED) is 0.487. The molecule has 0 bridgehead atoms. The van der Waals surface area contributed by atoms with E-state index >= 15 is 0 Å². The van der Waals surface area contributed by atoms with E-state index in [1.165, 1.54) is 0 Å². The van der Waals surface area contributed by atoms with E-state index in [9.17, 15) is 9.59 Å². The van der Waals surface area contributed by atoms with Crippen LogP contribution in [0.5, 0.6) is 11.8 Å². The molecule has 0 saturated carbocycles. The Morgan fingerprint density at radius 1 is 1.46 bits per heavy atom. The second-order valence-electron chi connectivity index (χ2n) is 2.18. The van der Waals surface area contributed by atoms with E-state index in [1.807, 2.05) is 0 Å². The minimum absolute atomic E-state index is 0.361. The van der Waals surface area contributed by atoms with E-state index in [0.29, 0.717) is 11.0 Å². The number of aromatic nitrogens is 1. The van der Waals surface area contributed by atoms with Crippen LogP contribution in [0.2, 0.25) is 0 Å². The van der Waals surface area contributed by atoms with Crippen LogP contribution in [0.4, 0.5) is 0 Å². The normalized spacial score (nSPS) is 9.54. The molecule has 0 spiro atoms. The number of aldehydes is 1. The maximum absolute atomic E-state index is 10.7. The Morgan fingerprint density at radius 2 is 2.00 bits per heavy atom. The molecule has 0 aliphatic carbocycles. The van der Waals surface area contributed by atoms with Crippen LogP contribution >= 0.6 is 0 Å². The molecule has 70 valence electrons. The van der Waals surface area contributed by atoms with Crippen LogP contribution < -0.4 is 4.84 Å². The van der Waals surface area contributed by atoms with E-state index in [4.69, 9.17) is 10.2 Å². The summed E-state index contributed by atoms with van der Waals surface area (Å²) in [6, 6.07) is 2.28. The first-order valence-corrected chi connectivity index (χ1v) is 3.39. The summed E-state index contributed by atoms with van der Waals surface area (Å²) in [5, 5.41) is 18.0. The Kier molecular flexibility index (Phi) is 2.53. The topological polar surface area (TPSA) is 88.8 Å². The number of carbonyl (C=O) groups excluding carboxylic acids is 2. The van der Waals surface area contributed by atoms with Gasteiger partial charge in [-0.1, -0.05) is 0 Å². The van der Waals surface area contributed by atoms with Crippen molar-refractivity contribution in [2.24, 2.45) is 0 Å². The molecule has 0 atom stereocenters. The summed E-state index contributed by atoms with van der Waals surface area (Å²) in [4.78, 5) is 25.0. The van der Waals surface area contributed by atoms with Crippen molar-refractivity contribution in [3.8, 4) is 11.8 Å². The second-order valence-corrected chi connectivity index (χ2v) is 2.18. The molecular weight excluding hydrogens is 178 g/mol. The molecule has 0 unspecified atom stereocenters. The van der Waals surface area contributed by atoms with E-state index in [1.54, 1.807) is 0 Å². The largest absolute Gasteiger partial charge is 0.492 e. The third kappa shape index (κ3) is 1.98. The predicted molar refractivity (Wildman–Crippen MR) is 40.0 cm³/mol. The summed E-state index contributed by atoms with van der Waals surface area (Å²) < 4.78 is 0.520. The molecule has 0 fully saturated rings. The lowest BCUT2D eigenvalue weighted by Gasteiger charge is -2.04. The van der Waals surface area contributed by atoms with E-state index < -0.39 is 24.2 Å². The van der Waals surface area contributed by atoms with Crippen LogP contribution in [0.15, 0.2) is 12.1 Å². The van der Waals surface area contributed by atoms with Gasteiger partial charge in [0.2, 0.25) is 11.8 Å². The van der Waals surface area contributed by atoms with Crippen LogP contribution in [0.25, 0.3) is 0 Å². The zero-order valence-corrected chi connectivity index (χ0v) is 6.51. The van der Waals surface area contributed by atoms with Gasteiger partial charge in [-0.3, -0.25) is 0 Å². The summed E-state index contributed by atoms with van der Waals surface area (Å²) in [5.41, 5.74) is 0. The highest BCUT2D eigenvalue weighted by atomic mass is 16.7. The lowest BCUT2D eigenvalue weighted by molar-refractivity contribution is -0.146. The van der Waals surface area contributed by atoms with Gasteiger partial charge in [0.05, 0.1) is 0 Å². The average Bonchev–Trinajstić information content (AvgIpc) is 2.36. The fourth-order valence-electron chi connectivity index (χ4n) is 0.702. The Bertz CT molecular complexity index is 310. The molecule has 0 aliphatic rings. The summed E-state index contributed by atoms with van der Waals surface area (Å²) in [7, 11) is 0. The van der Waals surface area contributed by atoms with E-state index in [-0.39, 0.29) is 0 Å². The molecule has 0 saturated heterocycles. The Hall–Kier alpha value is -1.98. The van der Waals surface area contributed by atoms with Crippen molar-refractivity contribution < 1.29 is 24.6 Å². The average molecular weight is 185 g/mol. The third-order valence-corrected chi connectivity index (χ3v) is 1.24. The molecule has 0 aliphatic heterocycles. The minimum atomic E-state index is -0.864. The van der Waals surface area contributed by atoms with Crippen molar-refractivity contribution in [1.82, 2.24) is 4.73 Å². The summed E-state index contributed by atoms with van der Waals surface area (Å²) in [5.74, 6) is -1.70. The van der Waals surface area contributed by atoms with Gasteiger partial charge in [0, 0.05) is 12.1 Å². The first-order chi connectivity index (χ1) is 6.15. The smallest absolute Gasteiger partial charge is 0.340 e. The standard InChI is InChI=1S/C7H7NO5/c9-4-3-7(12)13-8-5(10)1-2-6(8)11/h1-2,4,10-11H,3H2. The first-order valence-electron chi connectivity index (χ1n) is 3.39. The molecule has 0 radical (unpaired) electrons. The molecule has 2 N–H and O–H groups in total. The monoisotopic (exact) mass is 185 g/mol. The number of rotatable bonds is 3. The van der Waals surface area contributed by atoms with Crippen LogP contribution in [0, 0.1) is 0 Å². The van der Waals surface area contributed by atoms with Gasteiger partial charge in [-0.15, -0.1) is 4.73 Å². The summed E-state index contributed by atoms with van der Waals surface area (Å²) in [6.45, 7) is 0. The number of hydrogen-bond acceptors (Lipinski definition) is 5. The zero-order valence-electron chi connectivity index (χ0n) is 6.51. The molecule has 1 aromatic heterocycles. The van der Waals surface area contributed by atoms with Gasteiger partial charge in [-0.25, -0.2) is 4.79 Å². The Balaban J connectivity index is 2.73. The number of aromatic hydroxyl groups is 2. The Labute approximate surface area is 72.9 Å². The van der Waals surface area contributed by atoms with Crippen molar-refractivity contribution in [3.63, 3.8) is 0 Å². The highest BCUT2D eigenvalue weighted by Gasteiger charge is 2.10. The van der Waals surface area contributed by atoms with Gasteiger partial charge in [0.1, 0.15) is 12.7 Å². The molecule has 6 nitrogen and oxygen atoms in total. The fourth-order valence-corrected chi connectivity index (χ4v) is 0.702. The highest BCUT2D eigenvalue weighted by Crippen LogP contribution is 2.18. The number of hydrogen-bond donors (Lipinski definition) is 2. The predicted octanol–water partition coefficient (Wildman–Crippen LogP) is -0.557. The molecule has 6 heteroatoms. The zero-order chi connectivity index (χ0) is 9.84. The first kappa shape index (κ1) is 9.11. The molecule has 1 aromatic rings. The van der Waals surface area contributed by atoms with Gasteiger partial charge in [0.15, 0.2) is 0 Å². The maximum Gasteiger partial charge on any atom is 0.340 e.